The fourth-order valence-corrected chi connectivity index (χ4v) is 8.29. The Morgan fingerprint density at radius 3 is 2.62 bits per heavy atom. The monoisotopic (exact) mass is 675 g/mol. The van der Waals surface area contributed by atoms with Gasteiger partial charge in [0.05, 0.1) is 41.3 Å². The molecule has 48 heavy (non-hydrogen) atoms. The van der Waals surface area contributed by atoms with Gasteiger partial charge in [0.1, 0.15) is 23.8 Å². The average molecular weight is 676 g/mol. The van der Waals surface area contributed by atoms with Crippen molar-refractivity contribution in [3.63, 3.8) is 0 Å². The molecule has 254 valence electrons. The average Bonchev–Trinajstić information content (AvgIpc) is 3.65. The molecule has 4 aliphatic rings. The highest BCUT2D eigenvalue weighted by Crippen LogP contribution is 2.41. The van der Waals surface area contributed by atoms with Crippen molar-refractivity contribution in [2.75, 3.05) is 55.7 Å². The van der Waals surface area contributed by atoms with E-state index in [1.807, 2.05) is 39.0 Å². The Bertz CT molecular complexity index is 1750. The number of carbonyl (C=O) groups excluding carboxylic acids is 1. The summed E-state index contributed by atoms with van der Waals surface area (Å²) in [4.78, 5) is 31.8. The number of ether oxygens (including phenoxy) is 2. The fraction of sp³-hybridized carbons (Fsp3) is 0.556. The number of fused-ring (bicyclic) bond motifs is 3. The maximum atomic E-state index is 14.6. The predicted octanol–water partition coefficient (Wildman–Crippen LogP) is 6.33. The van der Waals surface area contributed by atoms with Crippen LogP contribution in [0.25, 0.3) is 10.8 Å². The van der Waals surface area contributed by atoms with Crippen LogP contribution in [0.15, 0.2) is 30.3 Å². The van der Waals surface area contributed by atoms with Crippen LogP contribution in [0.5, 0.6) is 6.01 Å². The second kappa shape index (κ2) is 12.9. The molecule has 0 N–H and O–H groups in total. The predicted molar refractivity (Wildman–Crippen MR) is 183 cm³/mol. The number of hydrogen-bond donors (Lipinski definition) is 0. The molecule has 4 aliphatic heterocycles. The Morgan fingerprint density at radius 1 is 1.08 bits per heavy atom. The van der Waals surface area contributed by atoms with Gasteiger partial charge in [-0.25, -0.2) is 9.18 Å². The first-order chi connectivity index (χ1) is 23.0. The van der Waals surface area contributed by atoms with E-state index in [1.54, 1.807) is 11.0 Å². The number of hydrogen-bond acceptors (Lipinski definition) is 9. The van der Waals surface area contributed by atoms with Crippen molar-refractivity contribution in [1.29, 1.82) is 5.26 Å². The highest BCUT2D eigenvalue weighted by atomic mass is 35.5. The van der Waals surface area contributed by atoms with E-state index >= 15 is 0 Å². The molecular formula is C36H43ClFN7O3. The molecule has 10 nitrogen and oxygen atoms in total. The molecular weight excluding hydrogens is 633 g/mol. The molecule has 0 aliphatic carbocycles. The van der Waals surface area contributed by atoms with Crippen molar-refractivity contribution in [3.05, 3.63) is 52.4 Å². The Morgan fingerprint density at radius 2 is 1.88 bits per heavy atom. The van der Waals surface area contributed by atoms with Crippen LogP contribution in [0.4, 0.5) is 20.7 Å². The molecule has 3 saturated heterocycles. The van der Waals surface area contributed by atoms with Gasteiger partial charge in [-0.15, -0.1) is 0 Å². The number of piperazine rings is 1. The topological polar surface area (TPSA) is 98.1 Å². The third-order valence-electron chi connectivity index (χ3n) is 10.3. The van der Waals surface area contributed by atoms with Crippen LogP contribution in [0.1, 0.15) is 64.1 Å². The smallest absolute Gasteiger partial charge is 0.410 e. The molecule has 2 aromatic carbocycles. The van der Waals surface area contributed by atoms with Crippen molar-refractivity contribution in [1.82, 2.24) is 19.8 Å². The Balaban J connectivity index is 1.22. The number of nitriles is 1. The number of anilines is 2. The largest absolute Gasteiger partial charge is 0.461 e. The first-order valence-electron chi connectivity index (χ1n) is 17.1. The molecule has 12 heteroatoms. The zero-order valence-electron chi connectivity index (χ0n) is 28.0. The quantitative estimate of drug-likeness (QED) is 0.297. The number of carbonyl (C=O) groups is 1. The summed E-state index contributed by atoms with van der Waals surface area (Å²) in [6.07, 6.45) is 4.99. The third-order valence-corrected chi connectivity index (χ3v) is 10.7. The van der Waals surface area contributed by atoms with Crippen LogP contribution in [0.2, 0.25) is 5.02 Å². The van der Waals surface area contributed by atoms with E-state index in [1.165, 1.54) is 18.9 Å². The van der Waals surface area contributed by atoms with Crippen LogP contribution < -0.4 is 14.5 Å². The van der Waals surface area contributed by atoms with Crippen LogP contribution in [-0.2, 0) is 17.7 Å². The Hall–Kier alpha value is -3.88. The van der Waals surface area contributed by atoms with Gasteiger partial charge in [0.15, 0.2) is 0 Å². The summed E-state index contributed by atoms with van der Waals surface area (Å²) in [6.45, 7) is 10.8. The molecule has 1 amide bonds. The van der Waals surface area contributed by atoms with Gasteiger partial charge in [-0.05, 0) is 83.5 Å². The molecule has 3 aromatic rings. The van der Waals surface area contributed by atoms with Crippen molar-refractivity contribution in [3.8, 4) is 12.1 Å². The molecule has 0 bridgehead atoms. The van der Waals surface area contributed by atoms with E-state index in [-0.39, 0.29) is 23.0 Å². The second-order valence-corrected chi connectivity index (χ2v) is 14.9. The summed E-state index contributed by atoms with van der Waals surface area (Å²) in [6, 6.07) is 11.3. The Labute approximate surface area is 286 Å². The first-order valence-corrected chi connectivity index (χ1v) is 17.4. The molecule has 0 unspecified atom stereocenters. The lowest BCUT2D eigenvalue weighted by Crippen LogP contribution is -2.56. The number of amides is 1. The van der Waals surface area contributed by atoms with Gasteiger partial charge in [-0.3, -0.25) is 4.90 Å². The Kier molecular flexibility index (Phi) is 8.75. The number of aromatic nitrogens is 2. The molecule has 3 fully saturated rings. The van der Waals surface area contributed by atoms with Crippen LogP contribution in [0.3, 0.4) is 0 Å². The minimum absolute atomic E-state index is 0.0339. The zero-order chi connectivity index (χ0) is 33.6. The molecule has 0 radical (unpaired) electrons. The van der Waals surface area contributed by atoms with Crippen molar-refractivity contribution in [2.45, 2.75) is 83.0 Å². The molecule has 1 atom stereocenters. The zero-order valence-corrected chi connectivity index (χ0v) is 28.7. The van der Waals surface area contributed by atoms with Crippen LogP contribution >= 0.6 is 11.6 Å². The maximum Gasteiger partial charge on any atom is 0.410 e. The lowest BCUT2D eigenvalue weighted by atomic mass is 9.95. The number of rotatable bonds is 6. The highest BCUT2D eigenvalue weighted by Gasteiger charge is 2.45. The van der Waals surface area contributed by atoms with Crippen molar-refractivity contribution in [2.24, 2.45) is 0 Å². The summed E-state index contributed by atoms with van der Waals surface area (Å²) in [5.41, 5.74) is 2.13. The van der Waals surface area contributed by atoms with Gasteiger partial charge in [0.25, 0.3) is 0 Å². The van der Waals surface area contributed by atoms with Gasteiger partial charge in [-0.2, -0.15) is 15.2 Å². The molecule has 5 heterocycles. The maximum absolute atomic E-state index is 14.6. The lowest BCUT2D eigenvalue weighted by molar-refractivity contribution is 0.0144. The van der Waals surface area contributed by atoms with E-state index in [9.17, 15) is 14.4 Å². The summed E-state index contributed by atoms with van der Waals surface area (Å²) in [7, 11) is 0. The normalized spacial score (nSPS) is 20.8. The molecule has 0 spiro atoms. The number of nitrogens with zero attached hydrogens (tertiary/aromatic N) is 7. The summed E-state index contributed by atoms with van der Waals surface area (Å²) in [5, 5.41) is 11.4. The van der Waals surface area contributed by atoms with Gasteiger partial charge in [0, 0.05) is 42.8 Å². The van der Waals surface area contributed by atoms with Crippen molar-refractivity contribution >= 4 is 40.0 Å². The van der Waals surface area contributed by atoms with Gasteiger partial charge < -0.3 is 24.2 Å². The number of halogens is 2. The van der Waals surface area contributed by atoms with Gasteiger partial charge >= 0.3 is 12.1 Å². The van der Waals surface area contributed by atoms with E-state index in [4.69, 9.17) is 31.0 Å². The van der Waals surface area contributed by atoms with Crippen LogP contribution in [-0.4, -0.2) is 88.9 Å². The van der Waals surface area contributed by atoms with Gasteiger partial charge in [0.2, 0.25) is 0 Å². The summed E-state index contributed by atoms with van der Waals surface area (Å²) in [5.74, 6) is 0.342. The standard InChI is InChI=1S/C36H43ClFN7O3/c1-35(2,3)48-34(46)45-20-19-43(21-25(45)11-15-39)32-26-12-18-42(29-8-4-7-24-9-10-27(38)31(37)30(24)29)22-28(26)40-33(41-32)47-23-36-13-5-16-44(36)17-6-14-36/h4,7-10,25H,5-6,11-14,16-23H2,1-3H3/t25-/m0/s1. The van der Waals surface area contributed by atoms with E-state index in [2.05, 4.69) is 20.8 Å². The minimum atomic E-state index is -0.636. The highest BCUT2D eigenvalue weighted by molar-refractivity contribution is 6.36. The molecule has 0 saturated carbocycles. The minimum Gasteiger partial charge on any atom is -0.461 e. The summed E-state index contributed by atoms with van der Waals surface area (Å²) >= 11 is 6.54. The van der Waals surface area contributed by atoms with E-state index < -0.39 is 17.5 Å². The summed E-state index contributed by atoms with van der Waals surface area (Å²) < 4.78 is 26.8. The molecule has 1 aromatic heterocycles. The van der Waals surface area contributed by atoms with Crippen LogP contribution in [0, 0.1) is 17.1 Å². The fourth-order valence-electron chi connectivity index (χ4n) is 8.02. The second-order valence-electron chi connectivity index (χ2n) is 14.5. The van der Waals surface area contributed by atoms with E-state index in [0.717, 1.165) is 54.1 Å². The van der Waals surface area contributed by atoms with Gasteiger partial charge in [-0.1, -0.05) is 29.8 Å². The SMILES string of the molecule is CC(C)(C)OC(=O)N1CCN(c2nc(OCC34CCCN3CCC4)nc3c2CCN(c2cccc4ccc(F)c(Cl)c24)C3)C[C@@H]1CC#N. The first kappa shape index (κ1) is 32.7. The number of benzene rings is 2. The lowest BCUT2D eigenvalue weighted by Gasteiger charge is -2.42. The van der Waals surface area contributed by atoms with Crippen molar-refractivity contribution < 1.29 is 18.7 Å². The molecule has 7 rings (SSSR count). The van der Waals surface area contributed by atoms with E-state index in [0.29, 0.717) is 57.1 Å². The third kappa shape index (κ3) is 6.21.